The molecule has 2 N–H and O–H groups in total. The second kappa shape index (κ2) is 3.88. The Morgan fingerprint density at radius 3 is 2.93 bits per heavy atom. The van der Waals surface area contributed by atoms with Gasteiger partial charge in [0.25, 0.3) is 0 Å². The first-order chi connectivity index (χ1) is 7.16. The van der Waals surface area contributed by atoms with Gasteiger partial charge >= 0.3 is 0 Å². The summed E-state index contributed by atoms with van der Waals surface area (Å²) >= 11 is 0. The highest BCUT2D eigenvalue weighted by molar-refractivity contribution is 5.61. The fraction of sp³-hybridized carbons (Fsp3) is 0.455. The van der Waals surface area contributed by atoms with Crippen molar-refractivity contribution in [1.82, 2.24) is 0 Å². The van der Waals surface area contributed by atoms with Crippen LogP contribution in [0.3, 0.4) is 0 Å². The average molecular weight is 209 g/mol. The molecule has 4 nitrogen and oxygen atoms in total. The van der Waals surface area contributed by atoms with Gasteiger partial charge in [0.1, 0.15) is 0 Å². The molecule has 1 heterocycles. The Bertz CT molecular complexity index is 363. The molecular formula is C11H15NO3. The Balaban J connectivity index is 2.22. The third kappa shape index (κ3) is 2.09. The van der Waals surface area contributed by atoms with Crippen molar-refractivity contribution < 1.29 is 14.2 Å². The van der Waals surface area contributed by atoms with E-state index in [1.54, 1.807) is 12.1 Å². The fourth-order valence-electron chi connectivity index (χ4n) is 1.36. The minimum absolute atomic E-state index is 0.233. The minimum Gasteiger partial charge on any atom is -0.489 e. The molecule has 0 aliphatic carbocycles. The number of hydrogen-bond acceptors (Lipinski definition) is 4. The molecule has 15 heavy (non-hydrogen) atoms. The van der Waals surface area contributed by atoms with E-state index in [9.17, 15) is 0 Å². The number of nitrogen functional groups attached to an aromatic ring is 1. The van der Waals surface area contributed by atoms with E-state index in [1.165, 1.54) is 0 Å². The van der Waals surface area contributed by atoms with Crippen LogP contribution in [0.2, 0.25) is 0 Å². The van der Waals surface area contributed by atoms with Gasteiger partial charge < -0.3 is 19.9 Å². The fourth-order valence-corrected chi connectivity index (χ4v) is 1.36. The quantitative estimate of drug-likeness (QED) is 0.774. The van der Waals surface area contributed by atoms with Gasteiger partial charge in [-0.05, 0) is 5.92 Å². The summed E-state index contributed by atoms with van der Waals surface area (Å²) in [5.74, 6) is 2.44. The average Bonchev–Trinajstić information content (AvgIpc) is 2.61. The lowest BCUT2D eigenvalue weighted by Crippen LogP contribution is -2.05. The molecule has 1 aliphatic rings. The highest BCUT2D eigenvalue weighted by Gasteiger charge is 2.20. The van der Waals surface area contributed by atoms with Crippen LogP contribution in [0, 0.1) is 5.92 Å². The zero-order chi connectivity index (χ0) is 10.8. The van der Waals surface area contributed by atoms with Gasteiger partial charge in [0.15, 0.2) is 11.5 Å². The topological polar surface area (TPSA) is 53.7 Å². The number of hydrogen-bond donors (Lipinski definition) is 1. The Hall–Kier alpha value is -1.58. The number of ether oxygens (including phenoxy) is 3. The molecule has 0 bridgehead atoms. The Morgan fingerprint density at radius 2 is 2.20 bits per heavy atom. The summed E-state index contributed by atoms with van der Waals surface area (Å²) in [6, 6.07) is 3.50. The SMILES string of the molecule is CC(C)COc1cc(N)cc2c1OCO2. The Labute approximate surface area is 88.9 Å². The summed E-state index contributed by atoms with van der Waals surface area (Å²) in [7, 11) is 0. The van der Waals surface area contributed by atoms with E-state index in [2.05, 4.69) is 13.8 Å². The zero-order valence-corrected chi connectivity index (χ0v) is 8.95. The molecule has 0 fully saturated rings. The molecule has 0 amide bonds. The highest BCUT2D eigenvalue weighted by Crippen LogP contribution is 2.42. The molecule has 0 spiro atoms. The van der Waals surface area contributed by atoms with Crippen molar-refractivity contribution in [2.75, 3.05) is 19.1 Å². The normalized spacial score (nSPS) is 13.3. The van der Waals surface area contributed by atoms with Crippen molar-refractivity contribution in [3.05, 3.63) is 12.1 Å². The van der Waals surface area contributed by atoms with Crippen molar-refractivity contribution in [1.29, 1.82) is 0 Å². The Kier molecular flexibility index (Phi) is 2.58. The molecule has 82 valence electrons. The third-order valence-corrected chi connectivity index (χ3v) is 2.03. The molecule has 0 radical (unpaired) electrons. The summed E-state index contributed by atoms with van der Waals surface area (Å²) in [6.07, 6.45) is 0. The van der Waals surface area contributed by atoms with Gasteiger partial charge in [0.2, 0.25) is 12.5 Å². The summed E-state index contributed by atoms with van der Waals surface area (Å²) in [5.41, 5.74) is 6.35. The predicted molar refractivity (Wildman–Crippen MR) is 57.3 cm³/mol. The predicted octanol–water partition coefficient (Wildman–Crippen LogP) is 2.03. The van der Waals surface area contributed by atoms with Crippen molar-refractivity contribution in [2.45, 2.75) is 13.8 Å². The molecule has 2 rings (SSSR count). The van der Waals surface area contributed by atoms with Crippen LogP contribution in [0.25, 0.3) is 0 Å². The zero-order valence-electron chi connectivity index (χ0n) is 8.95. The lowest BCUT2D eigenvalue weighted by Gasteiger charge is -2.11. The van der Waals surface area contributed by atoms with Crippen LogP contribution in [0.15, 0.2) is 12.1 Å². The van der Waals surface area contributed by atoms with Crippen molar-refractivity contribution in [3.8, 4) is 17.2 Å². The maximum absolute atomic E-state index is 5.72. The van der Waals surface area contributed by atoms with E-state index in [1.807, 2.05) is 0 Å². The van der Waals surface area contributed by atoms with Gasteiger partial charge in [0.05, 0.1) is 6.61 Å². The van der Waals surface area contributed by atoms with Crippen LogP contribution >= 0.6 is 0 Å². The van der Waals surface area contributed by atoms with Crippen molar-refractivity contribution >= 4 is 5.69 Å². The summed E-state index contributed by atoms with van der Waals surface area (Å²) < 4.78 is 16.2. The summed E-state index contributed by atoms with van der Waals surface area (Å²) in [4.78, 5) is 0. The number of nitrogens with two attached hydrogens (primary N) is 1. The Morgan fingerprint density at radius 1 is 1.40 bits per heavy atom. The highest BCUT2D eigenvalue weighted by atomic mass is 16.7. The van der Waals surface area contributed by atoms with E-state index in [0.29, 0.717) is 35.5 Å². The number of fused-ring (bicyclic) bond motifs is 1. The van der Waals surface area contributed by atoms with E-state index >= 15 is 0 Å². The molecule has 0 saturated heterocycles. The van der Waals surface area contributed by atoms with Crippen LogP contribution in [0.5, 0.6) is 17.2 Å². The second-order valence-electron chi connectivity index (χ2n) is 3.96. The maximum Gasteiger partial charge on any atom is 0.231 e. The van der Waals surface area contributed by atoms with Crippen molar-refractivity contribution in [3.63, 3.8) is 0 Å². The lowest BCUT2D eigenvalue weighted by molar-refractivity contribution is 0.168. The van der Waals surface area contributed by atoms with Crippen LogP contribution in [0.4, 0.5) is 5.69 Å². The first-order valence-electron chi connectivity index (χ1n) is 4.98. The maximum atomic E-state index is 5.72. The first kappa shape index (κ1) is 9.96. The van der Waals surface area contributed by atoms with Crippen molar-refractivity contribution in [2.24, 2.45) is 5.92 Å². The molecule has 0 aromatic heterocycles. The largest absolute Gasteiger partial charge is 0.489 e. The van der Waals surface area contributed by atoms with Crippen LogP contribution in [0.1, 0.15) is 13.8 Å². The van der Waals surface area contributed by atoms with E-state index in [-0.39, 0.29) is 6.79 Å². The number of rotatable bonds is 3. The number of benzene rings is 1. The lowest BCUT2D eigenvalue weighted by atomic mass is 10.2. The summed E-state index contributed by atoms with van der Waals surface area (Å²) in [5, 5.41) is 0. The van der Waals surface area contributed by atoms with E-state index in [0.717, 1.165) is 0 Å². The van der Waals surface area contributed by atoms with E-state index in [4.69, 9.17) is 19.9 Å². The smallest absolute Gasteiger partial charge is 0.231 e. The second-order valence-corrected chi connectivity index (χ2v) is 3.96. The summed E-state index contributed by atoms with van der Waals surface area (Å²) in [6.45, 7) is 5.05. The first-order valence-corrected chi connectivity index (χ1v) is 4.98. The van der Waals surface area contributed by atoms with Gasteiger partial charge in [-0.1, -0.05) is 13.8 Å². The number of anilines is 1. The van der Waals surface area contributed by atoms with Gasteiger partial charge in [-0.2, -0.15) is 0 Å². The molecule has 4 heteroatoms. The third-order valence-electron chi connectivity index (χ3n) is 2.03. The van der Waals surface area contributed by atoms with Crippen LogP contribution < -0.4 is 19.9 Å². The molecule has 0 unspecified atom stereocenters. The molecule has 1 aromatic rings. The van der Waals surface area contributed by atoms with Crippen LogP contribution in [-0.4, -0.2) is 13.4 Å². The molecular weight excluding hydrogens is 194 g/mol. The minimum atomic E-state index is 0.233. The van der Waals surface area contributed by atoms with Crippen LogP contribution in [-0.2, 0) is 0 Å². The van der Waals surface area contributed by atoms with Gasteiger partial charge in [0, 0.05) is 17.8 Å². The van der Waals surface area contributed by atoms with Gasteiger partial charge in [-0.25, -0.2) is 0 Å². The monoisotopic (exact) mass is 209 g/mol. The van der Waals surface area contributed by atoms with Gasteiger partial charge in [-0.3, -0.25) is 0 Å². The van der Waals surface area contributed by atoms with Gasteiger partial charge in [-0.15, -0.1) is 0 Å². The molecule has 1 aliphatic heterocycles. The standard InChI is InChI=1S/C11H15NO3/c1-7(2)5-13-9-3-8(12)4-10-11(9)15-6-14-10/h3-4,7H,5-6,12H2,1-2H3. The molecule has 1 aromatic carbocycles. The van der Waals surface area contributed by atoms with E-state index < -0.39 is 0 Å². The molecule has 0 saturated carbocycles. The molecule has 0 atom stereocenters.